The minimum absolute atomic E-state index is 0.393. The van der Waals surface area contributed by atoms with Gasteiger partial charge in [-0.3, -0.25) is 0 Å². The lowest BCUT2D eigenvalue weighted by atomic mass is 10.1. The molecule has 0 bridgehead atoms. The zero-order chi connectivity index (χ0) is 22.0. The number of rotatable bonds is 5. The van der Waals surface area contributed by atoms with E-state index in [1.165, 1.54) is 0 Å². The number of nitrogens with zero attached hydrogens (tertiary/aromatic N) is 4. The Balaban J connectivity index is 1.44. The summed E-state index contributed by atoms with van der Waals surface area (Å²) >= 11 is 0. The van der Waals surface area contributed by atoms with Crippen LogP contribution in [0.2, 0.25) is 0 Å². The van der Waals surface area contributed by atoms with Gasteiger partial charge in [-0.25, -0.2) is 8.42 Å². The molecule has 0 spiro atoms. The van der Waals surface area contributed by atoms with Crippen molar-refractivity contribution in [3.05, 3.63) is 65.7 Å². The summed E-state index contributed by atoms with van der Waals surface area (Å²) in [7, 11) is -1.87. The van der Waals surface area contributed by atoms with Gasteiger partial charge in [0.2, 0.25) is 10.0 Å². The molecule has 0 unspecified atom stereocenters. The van der Waals surface area contributed by atoms with Crippen LogP contribution >= 0.6 is 0 Å². The van der Waals surface area contributed by atoms with Gasteiger partial charge in [0.15, 0.2) is 5.82 Å². The number of hydrogen-bond acceptors (Lipinski definition) is 6. The van der Waals surface area contributed by atoms with E-state index in [0.29, 0.717) is 31.1 Å². The molecule has 0 aliphatic carbocycles. The smallest absolute Gasteiger partial charge is 0.243 e. The number of benzene rings is 2. The molecule has 2 aromatic carbocycles. The van der Waals surface area contributed by atoms with E-state index in [0.717, 1.165) is 34.0 Å². The van der Waals surface area contributed by atoms with Crippen LogP contribution in [0.3, 0.4) is 0 Å². The topological polar surface area (TPSA) is 75.6 Å². The highest BCUT2D eigenvalue weighted by Crippen LogP contribution is 2.25. The SMILES string of the molecule is COc1ccc(-c2ccc(N3CCN(S(=O)(=O)c4cc(C)ccc4C)CC3)nn2)cc1. The average molecular weight is 439 g/mol. The summed E-state index contributed by atoms with van der Waals surface area (Å²) in [5, 5.41) is 8.72. The summed E-state index contributed by atoms with van der Waals surface area (Å²) in [5.41, 5.74) is 3.45. The molecule has 7 nitrogen and oxygen atoms in total. The molecule has 162 valence electrons. The molecule has 0 amide bonds. The summed E-state index contributed by atoms with van der Waals surface area (Å²) in [4.78, 5) is 2.46. The van der Waals surface area contributed by atoms with E-state index in [4.69, 9.17) is 4.74 Å². The third-order valence-corrected chi connectivity index (χ3v) is 7.60. The number of aromatic nitrogens is 2. The maximum Gasteiger partial charge on any atom is 0.243 e. The van der Waals surface area contributed by atoms with Crippen molar-refractivity contribution >= 4 is 15.8 Å². The van der Waals surface area contributed by atoms with Crippen LogP contribution in [0.1, 0.15) is 11.1 Å². The van der Waals surface area contributed by atoms with E-state index in [2.05, 4.69) is 15.1 Å². The van der Waals surface area contributed by atoms with E-state index in [1.54, 1.807) is 17.5 Å². The van der Waals surface area contributed by atoms with Crippen molar-refractivity contribution < 1.29 is 13.2 Å². The molecule has 0 radical (unpaired) electrons. The van der Waals surface area contributed by atoms with Gasteiger partial charge < -0.3 is 9.64 Å². The Hall–Kier alpha value is -2.97. The second kappa shape index (κ2) is 8.64. The Kier molecular flexibility index (Phi) is 5.93. The summed E-state index contributed by atoms with van der Waals surface area (Å²) < 4.78 is 33.0. The molecular weight excluding hydrogens is 412 g/mol. The minimum Gasteiger partial charge on any atom is -0.497 e. The fourth-order valence-electron chi connectivity index (χ4n) is 3.69. The third kappa shape index (κ3) is 4.40. The first-order valence-corrected chi connectivity index (χ1v) is 11.6. The second-order valence-electron chi connectivity index (χ2n) is 7.67. The number of hydrogen-bond donors (Lipinski definition) is 0. The van der Waals surface area contributed by atoms with Gasteiger partial charge in [-0.15, -0.1) is 10.2 Å². The van der Waals surface area contributed by atoms with Gasteiger partial charge in [0.05, 0.1) is 17.7 Å². The van der Waals surface area contributed by atoms with Crippen LogP contribution in [0.4, 0.5) is 5.82 Å². The number of piperazine rings is 1. The van der Waals surface area contributed by atoms with Crippen LogP contribution < -0.4 is 9.64 Å². The first kappa shape index (κ1) is 21.3. The van der Waals surface area contributed by atoms with Crippen molar-refractivity contribution in [2.75, 3.05) is 38.2 Å². The molecule has 1 fully saturated rings. The fraction of sp³-hybridized carbons (Fsp3) is 0.304. The highest BCUT2D eigenvalue weighted by Gasteiger charge is 2.30. The van der Waals surface area contributed by atoms with E-state index >= 15 is 0 Å². The molecule has 4 rings (SSSR count). The quantitative estimate of drug-likeness (QED) is 0.609. The van der Waals surface area contributed by atoms with Crippen molar-refractivity contribution in [3.63, 3.8) is 0 Å². The van der Waals surface area contributed by atoms with Crippen molar-refractivity contribution in [1.82, 2.24) is 14.5 Å². The number of sulfonamides is 1. The highest BCUT2D eigenvalue weighted by molar-refractivity contribution is 7.89. The zero-order valence-electron chi connectivity index (χ0n) is 17.9. The average Bonchev–Trinajstić information content (AvgIpc) is 2.81. The second-order valence-corrected chi connectivity index (χ2v) is 9.57. The van der Waals surface area contributed by atoms with Crippen LogP contribution in [0, 0.1) is 13.8 Å². The largest absolute Gasteiger partial charge is 0.497 e. The van der Waals surface area contributed by atoms with Crippen LogP contribution in [0.5, 0.6) is 5.75 Å². The van der Waals surface area contributed by atoms with E-state index in [-0.39, 0.29) is 0 Å². The Labute approximate surface area is 183 Å². The molecule has 3 aromatic rings. The molecule has 0 saturated carbocycles. The van der Waals surface area contributed by atoms with Gasteiger partial charge in [-0.1, -0.05) is 12.1 Å². The molecule has 2 heterocycles. The third-order valence-electron chi connectivity index (χ3n) is 5.56. The normalized spacial score (nSPS) is 15.1. The summed E-state index contributed by atoms with van der Waals surface area (Å²) in [6.45, 7) is 5.71. The molecule has 0 N–H and O–H groups in total. The van der Waals surface area contributed by atoms with Gasteiger partial charge in [-0.05, 0) is 67.4 Å². The van der Waals surface area contributed by atoms with Gasteiger partial charge in [0.1, 0.15) is 5.75 Å². The summed E-state index contributed by atoms with van der Waals surface area (Å²) in [5.74, 6) is 1.54. The molecule has 8 heteroatoms. The maximum absolute atomic E-state index is 13.1. The predicted octanol–water partition coefficient (Wildman–Crippen LogP) is 3.28. The highest BCUT2D eigenvalue weighted by atomic mass is 32.2. The number of anilines is 1. The first-order chi connectivity index (χ1) is 14.9. The Morgan fingerprint density at radius 1 is 0.871 bits per heavy atom. The Bertz CT molecular complexity index is 1150. The lowest BCUT2D eigenvalue weighted by Gasteiger charge is -2.34. The lowest BCUT2D eigenvalue weighted by Crippen LogP contribution is -2.49. The number of methoxy groups -OCH3 is 1. The summed E-state index contributed by atoms with van der Waals surface area (Å²) in [6.07, 6.45) is 0. The van der Waals surface area contributed by atoms with Crippen molar-refractivity contribution in [1.29, 1.82) is 0 Å². The molecule has 0 atom stereocenters. The molecule has 1 aromatic heterocycles. The Morgan fingerprint density at radius 2 is 1.58 bits per heavy atom. The molecule has 1 aliphatic heterocycles. The fourth-order valence-corrected chi connectivity index (χ4v) is 5.42. The van der Waals surface area contributed by atoms with Gasteiger partial charge in [-0.2, -0.15) is 4.31 Å². The predicted molar refractivity (Wildman–Crippen MR) is 121 cm³/mol. The van der Waals surface area contributed by atoms with Crippen molar-refractivity contribution in [2.45, 2.75) is 18.7 Å². The monoisotopic (exact) mass is 438 g/mol. The first-order valence-electron chi connectivity index (χ1n) is 10.2. The van der Waals surface area contributed by atoms with Crippen LogP contribution in [0.15, 0.2) is 59.5 Å². The van der Waals surface area contributed by atoms with Crippen LogP contribution in [-0.2, 0) is 10.0 Å². The van der Waals surface area contributed by atoms with Crippen LogP contribution in [-0.4, -0.2) is 56.2 Å². The van der Waals surface area contributed by atoms with E-state index in [9.17, 15) is 8.42 Å². The van der Waals surface area contributed by atoms with Gasteiger partial charge in [0, 0.05) is 31.7 Å². The molecule has 31 heavy (non-hydrogen) atoms. The standard InChI is InChI=1S/C23H26N4O3S/c1-17-4-5-18(2)22(16-17)31(28,29)27-14-12-26(13-15-27)23-11-10-21(24-25-23)19-6-8-20(30-3)9-7-19/h4-11,16H,12-15H2,1-3H3. The summed E-state index contributed by atoms with van der Waals surface area (Å²) in [6, 6.07) is 17.1. The molecule has 1 aliphatic rings. The maximum atomic E-state index is 13.1. The Morgan fingerprint density at radius 3 is 2.19 bits per heavy atom. The number of aryl methyl sites for hydroxylation is 2. The van der Waals surface area contributed by atoms with Gasteiger partial charge in [0.25, 0.3) is 0 Å². The van der Waals surface area contributed by atoms with Crippen molar-refractivity contribution in [3.8, 4) is 17.0 Å². The minimum atomic E-state index is -3.51. The lowest BCUT2D eigenvalue weighted by molar-refractivity contribution is 0.383. The molecular formula is C23H26N4O3S. The molecule has 1 saturated heterocycles. The number of ether oxygens (including phenoxy) is 1. The van der Waals surface area contributed by atoms with Crippen molar-refractivity contribution in [2.24, 2.45) is 0 Å². The van der Waals surface area contributed by atoms with Gasteiger partial charge >= 0.3 is 0 Å². The zero-order valence-corrected chi connectivity index (χ0v) is 18.8. The van der Waals surface area contributed by atoms with E-state index < -0.39 is 10.0 Å². The van der Waals surface area contributed by atoms with Crippen LogP contribution in [0.25, 0.3) is 11.3 Å². The van der Waals surface area contributed by atoms with E-state index in [1.807, 2.05) is 62.4 Å².